The van der Waals surface area contributed by atoms with Crippen molar-refractivity contribution in [1.29, 1.82) is 0 Å². The first-order valence-corrected chi connectivity index (χ1v) is 8.36. The van der Waals surface area contributed by atoms with Crippen molar-refractivity contribution in [3.05, 3.63) is 29.8 Å². The lowest BCUT2D eigenvalue weighted by Gasteiger charge is -2.29. The molecule has 4 nitrogen and oxygen atoms in total. The summed E-state index contributed by atoms with van der Waals surface area (Å²) < 4.78 is 0. The molecule has 0 bridgehead atoms. The average Bonchev–Trinajstić information content (AvgIpc) is 2.96. The molecule has 1 saturated heterocycles. The van der Waals surface area contributed by atoms with Gasteiger partial charge in [-0.3, -0.25) is 9.59 Å². The second kappa shape index (κ2) is 6.51. The van der Waals surface area contributed by atoms with Gasteiger partial charge in [0.1, 0.15) is 0 Å². The monoisotopic (exact) mass is 300 g/mol. The van der Waals surface area contributed by atoms with Crippen LogP contribution < -0.4 is 10.2 Å². The number of benzene rings is 1. The van der Waals surface area contributed by atoms with Gasteiger partial charge in [-0.05, 0) is 49.4 Å². The third-order valence-electron chi connectivity index (χ3n) is 4.94. The number of carbonyl (C=O) groups excluding carboxylic acids is 2. The second-order valence-corrected chi connectivity index (χ2v) is 6.54. The molecule has 2 aliphatic rings. The van der Waals surface area contributed by atoms with Crippen molar-refractivity contribution in [2.45, 2.75) is 51.5 Å². The second-order valence-electron chi connectivity index (χ2n) is 6.54. The molecule has 0 spiro atoms. The van der Waals surface area contributed by atoms with E-state index in [1.807, 2.05) is 24.3 Å². The van der Waals surface area contributed by atoms with Gasteiger partial charge in [-0.25, -0.2) is 0 Å². The van der Waals surface area contributed by atoms with Gasteiger partial charge in [-0.2, -0.15) is 0 Å². The van der Waals surface area contributed by atoms with Crippen molar-refractivity contribution >= 4 is 17.5 Å². The summed E-state index contributed by atoms with van der Waals surface area (Å²) in [5.74, 6) is 0.727. The first kappa shape index (κ1) is 15.1. The molecular formula is C18H24N2O2. The average molecular weight is 300 g/mol. The third kappa shape index (κ3) is 3.16. The molecule has 0 radical (unpaired) electrons. The van der Waals surface area contributed by atoms with E-state index in [1.54, 1.807) is 4.90 Å². The zero-order valence-electron chi connectivity index (χ0n) is 13.2. The Morgan fingerprint density at radius 2 is 1.86 bits per heavy atom. The molecule has 1 aromatic carbocycles. The number of hydrogen-bond acceptors (Lipinski definition) is 2. The maximum absolute atomic E-state index is 12.4. The maximum atomic E-state index is 12.4. The minimum Gasteiger partial charge on any atom is -0.349 e. The summed E-state index contributed by atoms with van der Waals surface area (Å²) in [5.41, 5.74) is 1.57. The summed E-state index contributed by atoms with van der Waals surface area (Å²) in [5, 5.41) is 3.16. The Morgan fingerprint density at radius 1 is 1.14 bits per heavy atom. The highest BCUT2D eigenvalue weighted by molar-refractivity contribution is 5.97. The minimum absolute atomic E-state index is 0.00181. The van der Waals surface area contributed by atoms with Crippen LogP contribution in [0.2, 0.25) is 0 Å². The molecule has 2 atom stereocenters. The van der Waals surface area contributed by atoms with Gasteiger partial charge in [-0.1, -0.05) is 19.8 Å². The molecule has 4 heteroatoms. The van der Waals surface area contributed by atoms with Gasteiger partial charge < -0.3 is 10.2 Å². The van der Waals surface area contributed by atoms with Crippen LogP contribution >= 0.6 is 0 Å². The van der Waals surface area contributed by atoms with Crippen molar-refractivity contribution in [3.63, 3.8) is 0 Å². The largest absolute Gasteiger partial charge is 0.349 e. The maximum Gasteiger partial charge on any atom is 0.251 e. The third-order valence-corrected chi connectivity index (χ3v) is 4.94. The molecule has 2 fully saturated rings. The van der Waals surface area contributed by atoms with Crippen LogP contribution in [0.1, 0.15) is 55.8 Å². The van der Waals surface area contributed by atoms with Crippen molar-refractivity contribution in [2.75, 3.05) is 11.4 Å². The van der Waals surface area contributed by atoms with Crippen molar-refractivity contribution < 1.29 is 9.59 Å². The van der Waals surface area contributed by atoms with Crippen molar-refractivity contribution in [3.8, 4) is 0 Å². The number of carbonyl (C=O) groups is 2. The van der Waals surface area contributed by atoms with Crippen LogP contribution in [0.25, 0.3) is 0 Å². The molecule has 1 saturated carbocycles. The molecule has 2 amide bonds. The highest BCUT2D eigenvalue weighted by Crippen LogP contribution is 2.25. The van der Waals surface area contributed by atoms with Crippen molar-refractivity contribution in [1.82, 2.24) is 5.32 Å². The van der Waals surface area contributed by atoms with Crippen LogP contribution in [0.5, 0.6) is 0 Å². The summed E-state index contributed by atoms with van der Waals surface area (Å²) in [6.45, 7) is 3.00. The number of anilines is 1. The van der Waals surface area contributed by atoms with E-state index >= 15 is 0 Å². The molecular weight excluding hydrogens is 276 g/mol. The fourth-order valence-corrected chi connectivity index (χ4v) is 3.50. The van der Waals surface area contributed by atoms with E-state index in [0.717, 1.165) is 25.1 Å². The minimum atomic E-state index is -0.00181. The molecule has 0 unspecified atom stereocenters. The summed E-state index contributed by atoms with van der Waals surface area (Å²) >= 11 is 0. The van der Waals surface area contributed by atoms with E-state index in [0.29, 0.717) is 23.9 Å². The van der Waals surface area contributed by atoms with Gasteiger partial charge in [0.05, 0.1) is 0 Å². The number of hydrogen-bond donors (Lipinski definition) is 1. The van der Waals surface area contributed by atoms with Gasteiger partial charge in [0.2, 0.25) is 5.91 Å². The van der Waals surface area contributed by atoms with E-state index in [9.17, 15) is 9.59 Å². The summed E-state index contributed by atoms with van der Waals surface area (Å²) in [7, 11) is 0. The number of nitrogens with one attached hydrogen (secondary N) is 1. The molecule has 1 N–H and O–H groups in total. The van der Waals surface area contributed by atoms with Crippen LogP contribution in [0, 0.1) is 5.92 Å². The highest BCUT2D eigenvalue weighted by Gasteiger charge is 2.24. The predicted octanol–water partition coefficient (Wildman–Crippen LogP) is 3.12. The Morgan fingerprint density at radius 3 is 2.50 bits per heavy atom. The van der Waals surface area contributed by atoms with E-state index in [2.05, 4.69) is 12.2 Å². The molecule has 1 heterocycles. The summed E-state index contributed by atoms with van der Waals surface area (Å²) in [4.78, 5) is 25.9. The number of nitrogens with zero attached hydrogens (tertiary/aromatic N) is 1. The molecule has 0 aromatic heterocycles. The quantitative estimate of drug-likeness (QED) is 0.932. The van der Waals surface area contributed by atoms with Gasteiger partial charge >= 0.3 is 0 Å². The van der Waals surface area contributed by atoms with Crippen LogP contribution in [0.15, 0.2) is 24.3 Å². The molecule has 1 aromatic rings. The zero-order valence-corrected chi connectivity index (χ0v) is 13.2. The Bertz CT molecular complexity index is 553. The van der Waals surface area contributed by atoms with E-state index in [-0.39, 0.29) is 11.8 Å². The van der Waals surface area contributed by atoms with Crippen LogP contribution in [-0.2, 0) is 4.79 Å². The first-order valence-electron chi connectivity index (χ1n) is 8.36. The lowest BCUT2D eigenvalue weighted by molar-refractivity contribution is -0.117. The molecule has 1 aliphatic heterocycles. The molecule has 118 valence electrons. The Hall–Kier alpha value is -1.84. The van der Waals surface area contributed by atoms with Gasteiger partial charge in [0, 0.05) is 30.3 Å². The van der Waals surface area contributed by atoms with Crippen molar-refractivity contribution in [2.24, 2.45) is 5.92 Å². The van der Waals surface area contributed by atoms with Crippen LogP contribution in [0.3, 0.4) is 0 Å². The lowest BCUT2D eigenvalue weighted by atomic mass is 9.86. The first-order chi connectivity index (χ1) is 10.6. The standard InChI is InChI=1S/C18H24N2O2/c1-13-5-2-3-6-16(13)19-18(22)14-8-10-15(11-9-14)20-12-4-7-17(20)21/h8-11,13,16H,2-7,12H2,1H3,(H,19,22)/t13-,16+/m0/s1. The summed E-state index contributed by atoms with van der Waals surface area (Å²) in [6, 6.07) is 7.69. The Balaban J connectivity index is 1.64. The van der Waals surface area contributed by atoms with E-state index in [4.69, 9.17) is 0 Å². The molecule has 1 aliphatic carbocycles. The molecule has 22 heavy (non-hydrogen) atoms. The fraction of sp³-hybridized carbons (Fsp3) is 0.556. The summed E-state index contributed by atoms with van der Waals surface area (Å²) in [6.07, 6.45) is 6.29. The van der Waals surface area contributed by atoms with Crippen LogP contribution in [-0.4, -0.2) is 24.4 Å². The normalized spacial score (nSPS) is 25.3. The Labute approximate surface area is 131 Å². The number of amides is 2. The van der Waals surface area contributed by atoms with E-state index in [1.165, 1.54) is 19.3 Å². The van der Waals surface area contributed by atoms with E-state index < -0.39 is 0 Å². The molecule has 3 rings (SSSR count). The SMILES string of the molecule is C[C@H]1CCCC[C@H]1NC(=O)c1ccc(N2CCCC2=O)cc1. The zero-order chi connectivity index (χ0) is 15.5. The van der Waals surface area contributed by atoms with Crippen LogP contribution in [0.4, 0.5) is 5.69 Å². The fourth-order valence-electron chi connectivity index (χ4n) is 3.50. The topological polar surface area (TPSA) is 49.4 Å². The Kier molecular flexibility index (Phi) is 4.46. The van der Waals surface area contributed by atoms with Gasteiger partial charge in [-0.15, -0.1) is 0 Å². The van der Waals surface area contributed by atoms with Gasteiger partial charge in [0.15, 0.2) is 0 Å². The number of rotatable bonds is 3. The highest BCUT2D eigenvalue weighted by atomic mass is 16.2. The van der Waals surface area contributed by atoms with Gasteiger partial charge in [0.25, 0.3) is 5.91 Å². The smallest absolute Gasteiger partial charge is 0.251 e. The predicted molar refractivity (Wildman–Crippen MR) is 86.9 cm³/mol. The lowest BCUT2D eigenvalue weighted by Crippen LogP contribution is -2.41.